The van der Waals surface area contributed by atoms with Gasteiger partial charge in [0.2, 0.25) is 0 Å². The number of hydrogen-bond acceptors (Lipinski definition) is 5. The molecule has 1 amide bonds. The Hall–Kier alpha value is -1.03. The molecule has 5 nitrogen and oxygen atoms in total. The molecule has 0 radical (unpaired) electrons. The van der Waals surface area contributed by atoms with Crippen LogP contribution in [0, 0.1) is 12.7 Å². The van der Waals surface area contributed by atoms with Gasteiger partial charge >= 0.3 is 0 Å². The van der Waals surface area contributed by atoms with Crippen LogP contribution in [0.2, 0.25) is 0 Å². The average Bonchev–Trinajstić information content (AvgIpc) is 2.73. The van der Waals surface area contributed by atoms with Crippen molar-refractivity contribution in [3.63, 3.8) is 0 Å². The summed E-state index contributed by atoms with van der Waals surface area (Å²) in [6.07, 6.45) is 0. The number of hydrogen-bond donors (Lipinski definition) is 1. The molecule has 1 N–H and O–H groups in total. The molecule has 112 valence electrons. The van der Waals surface area contributed by atoms with Crippen LogP contribution in [0.4, 0.5) is 9.52 Å². The third-order valence-corrected chi connectivity index (χ3v) is 6.26. The minimum Gasteiger partial charge on any atom is -0.298 e. The van der Waals surface area contributed by atoms with Crippen molar-refractivity contribution in [2.45, 2.75) is 11.1 Å². The van der Waals surface area contributed by atoms with E-state index in [1.807, 2.05) is 0 Å². The zero-order valence-corrected chi connectivity index (χ0v) is 14.3. The quantitative estimate of drug-likeness (QED) is 0.781. The Labute approximate surface area is 136 Å². The molecule has 2 aromatic rings. The first-order valence-corrected chi connectivity index (χ1v) is 9.29. The topological polar surface area (TPSA) is 76.1 Å². The van der Waals surface area contributed by atoms with Gasteiger partial charge in [-0.25, -0.2) is 17.8 Å². The highest BCUT2D eigenvalue weighted by Gasteiger charge is 2.21. The third kappa shape index (κ3) is 3.60. The van der Waals surface area contributed by atoms with E-state index >= 15 is 0 Å². The van der Waals surface area contributed by atoms with Crippen LogP contribution in [0.3, 0.4) is 0 Å². The summed E-state index contributed by atoms with van der Waals surface area (Å²) in [5.41, 5.74) is -0.0208. The lowest BCUT2D eigenvalue weighted by molar-refractivity contribution is 0.102. The van der Waals surface area contributed by atoms with E-state index in [0.29, 0.717) is 11.3 Å². The van der Waals surface area contributed by atoms with E-state index in [1.165, 1.54) is 25.1 Å². The zero-order chi connectivity index (χ0) is 15.8. The Bertz CT molecular complexity index is 823. The SMILES string of the molecule is Cc1nc(NC(=O)c2cccc(Br)c2F)sc1S(=O)(=O)Cl. The Kier molecular flexibility index (Phi) is 4.66. The summed E-state index contributed by atoms with van der Waals surface area (Å²) in [4.78, 5) is 15.9. The van der Waals surface area contributed by atoms with Gasteiger partial charge < -0.3 is 0 Å². The number of carbonyl (C=O) groups excluding carboxylic acids is 1. The number of nitrogens with zero attached hydrogens (tertiary/aromatic N) is 1. The van der Waals surface area contributed by atoms with Crippen LogP contribution in [-0.4, -0.2) is 19.3 Å². The number of aryl methyl sites for hydroxylation is 1. The standard InChI is InChI=1S/C11H7BrClFN2O3S2/c1-5-10(21(13,18)19)20-11(15-5)16-9(17)6-3-2-4-7(12)8(6)14/h2-4H,1H3,(H,15,16,17). The van der Waals surface area contributed by atoms with Crippen LogP contribution in [-0.2, 0) is 9.05 Å². The van der Waals surface area contributed by atoms with Crippen molar-refractivity contribution >= 4 is 58.0 Å². The van der Waals surface area contributed by atoms with Crippen molar-refractivity contribution in [1.82, 2.24) is 4.98 Å². The fraction of sp³-hybridized carbons (Fsp3) is 0.0909. The number of aromatic nitrogens is 1. The Morgan fingerprint density at radius 2 is 2.14 bits per heavy atom. The smallest absolute Gasteiger partial charge is 0.272 e. The molecule has 10 heteroatoms. The van der Waals surface area contributed by atoms with Gasteiger partial charge in [0.1, 0.15) is 5.82 Å². The minimum atomic E-state index is -3.93. The summed E-state index contributed by atoms with van der Waals surface area (Å²) >= 11 is 3.68. The molecule has 0 unspecified atom stereocenters. The second-order valence-electron chi connectivity index (χ2n) is 3.89. The molecule has 0 atom stereocenters. The van der Waals surface area contributed by atoms with Crippen LogP contribution in [0.5, 0.6) is 0 Å². The average molecular weight is 414 g/mol. The molecule has 0 aliphatic rings. The number of benzene rings is 1. The molecule has 21 heavy (non-hydrogen) atoms. The second kappa shape index (κ2) is 5.99. The Morgan fingerprint density at radius 1 is 1.48 bits per heavy atom. The fourth-order valence-corrected chi connectivity index (χ4v) is 4.22. The molecule has 0 fully saturated rings. The molecule has 1 heterocycles. The summed E-state index contributed by atoms with van der Waals surface area (Å²) in [6, 6.07) is 4.26. The highest BCUT2D eigenvalue weighted by molar-refractivity contribution is 9.10. The van der Waals surface area contributed by atoms with Crippen molar-refractivity contribution < 1.29 is 17.6 Å². The molecular formula is C11H7BrClFN2O3S2. The van der Waals surface area contributed by atoms with E-state index < -0.39 is 20.8 Å². The Balaban J connectivity index is 2.31. The molecule has 1 aromatic heterocycles. The van der Waals surface area contributed by atoms with Crippen molar-refractivity contribution in [3.8, 4) is 0 Å². The largest absolute Gasteiger partial charge is 0.298 e. The van der Waals surface area contributed by atoms with Gasteiger partial charge in [-0.05, 0) is 35.0 Å². The molecule has 0 saturated carbocycles. The summed E-state index contributed by atoms with van der Waals surface area (Å²) in [7, 11) is 1.31. The van der Waals surface area contributed by atoms with Crippen molar-refractivity contribution in [2.24, 2.45) is 0 Å². The normalized spacial score (nSPS) is 11.4. The second-order valence-corrected chi connectivity index (χ2v) is 8.50. The van der Waals surface area contributed by atoms with Gasteiger partial charge in [-0.3, -0.25) is 10.1 Å². The number of rotatable bonds is 3. The van der Waals surface area contributed by atoms with Crippen LogP contribution in [0.1, 0.15) is 16.1 Å². The maximum Gasteiger partial charge on any atom is 0.272 e. The van der Waals surface area contributed by atoms with Gasteiger partial charge in [0.05, 0.1) is 15.7 Å². The van der Waals surface area contributed by atoms with E-state index in [1.54, 1.807) is 0 Å². The molecular weight excluding hydrogens is 407 g/mol. The first-order valence-electron chi connectivity index (χ1n) is 5.37. The van der Waals surface area contributed by atoms with Gasteiger partial charge in [0, 0.05) is 10.7 Å². The van der Waals surface area contributed by atoms with Crippen molar-refractivity contribution in [3.05, 3.63) is 39.7 Å². The lowest BCUT2D eigenvalue weighted by Gasteiger charge is -2.04. The van der Waals surface area contributed by atoms with Gasteiger partial charge in [0.25, 0.3) is 15.0 Å². The molecule has 0 saturated heterocycles. The summed E-state index contributed by atoms with van der Waals surface area (Å²) in [5, 5.41) is 2.37. The van der Waals surface area contributed by atoms with E-state index in [-0.39, 0.29) is 25.1 Å². The molecule has 0 aliphatic heterocycles. The van der Waals surface area contributed by atoms with Crippen molar-refractivity contribution in [2.75, 3.05) is 5.32 Å². The first kappa shape index (κ1) is 16.3. The highest BCUT2D eigenvalue weighted by Crippen LogP contribution is 2.30. The molecule has 0 aliphatic carbocycles. The number of thiazole rings is 1. The minimum absolute atomic E-state index is 0.0242. The predicted molar refractivity (Wildman–Crippen MR) is 81.9 cm³/mol. The molecule has 2 rings (SSSR count). The summed E-state index contributed by atoms with van der Waals surface area (Å²) in [5.74, 6) is -1.45. The number of nitrogens with one attached hydrogen (secondary N) is 1. The van der Waals surface area contributed by atoms with E-state index in [2.05, 4.69) is 26.2 Å². The van der Waals surface area contributed by atoms with Crippen molar-refractivity contribution in [1.29, 1.82) is 0 Å². The lowest BCUT2D eigenvalue weighted by atomic mass is 10.2. The number of carbonyl (C=O) groups is 1. The van der Waals surface area contributed by atoms with Gasteiger partial charge in [-0.2, -0.15) is 0 Å². The number of amides is 1. The van der Waals surface area contributed by atoms with Gasteiger partial charge in [-0.15, -0.1) is 0 Å². The maximum atomic E-state index is 13.8. The monoisotopic (exact) mass is 412 g/mol. The third-order valence-electron chi connectivity index (χ3n) is 2.39. The van der Waals surface area contributed by atoms with Crippen LogP contribution in [0.15, 0.2) is 26.9 Å². The van der Waals surface area contributed by atoms with Crippen LogP contribution in [0.25, 0.3) is 0 Å². The number of anilines is 1. The maximum absolute atomic E-state index is 13.8. The zero-order valence-electron chi connectivity index (χ0n) is 10.4. The van der Waals surface area contributed by atoms with Crippen LogP contribution < -0.4 is 5.32 Å². The van der Waals surface area contributed by atoms with E-state index in [9.17, 15) is 17.6 Å². The van der Waals surface area contributed by atoms with E-state index in [0.717, 1.165) is 0 Å². The molecule has 1 aromatic carbocycles. The van der Waals surface area contributed by atoms with Gasteiger partial charge in [0.15, 0.2) is 9.34 Å². The summed E-state index contributed by atoms with van der Waals surface area (Å²) in [6.45, 7) is 1.45. The Morgan fingerprint density at radius 3 is 2.71 bits per heavy atom. The first-order chi connectivity index (χ1) is 9.70. The number of halogens is 3. The predicted octanol–water partition coefficient (Wildman–Crippen LogP) is 3.53. The molecule has 0 bridgehead atoms. The summed E-state index contributed by atoms with van der Waals surface area (Å²) < 4.78 is 36.3. The van der Waals surface area contributed by atoms with E-state index in [4.69, 9.17) is 10.7 Å². The van der Waals surface area contributed by atoms with Crippen LogP contribution >= 0.6 is 37.9 Å². The highest BCUT2D eigenvalue weighted by atomic mass is 79.9. The molecule has 0 spiro atoms. The fourth-order valence-electron chi connectivity index (χ4n) is 1.51. The lowest BCUT2D eigenvalue weighted by Crippen LogP contribution is -2.13. The van der Waals surface area contributed by atoms with Gasteiger partial charge in [-0.1, -0.05) is 17.4 Å².